The van der Waals surface area contributed by atoms with Crippen LogP contribution in [0.2, 0.25) is 0 Å². The molecule has 0 saturated heterocycles. The number of carbonyl (C=O) groups is 1. The van der Waals surface area contributed by atoms with Crippen molar-refractivity contribution in [3.05, 3.63) is 12.7 Å². The van der Waals surface area contributed by atoms with Crippen molar-refractivity contribution in [3.8, 4) is 0 Å². The Kier molecular flexibility index (Phi) is 4.84. The molecule has 0 aromatic rings. The molecule has 0 rings (SSSR count). The smallest absolute Gasteiger partial charge is 0.135 e. The van der Waals surface area contributed by atoms with Crippen LogP contribution in [0.5, 0.6) is 0 Å². The zero-order valence-corrected chi connectivity index (χ0v) is 7.76. The summed E-state index contributed by atoms with van der Waals surface area (Å²) in [6.45, 7) is 9.65. The largest absolute Gasteiger partial charge is 0.299 e. The van der Waals surface area contributed by atoms with Crippen LogP contribution in [-0.4, -0.2) is 5.78 Å². The second-order valence-corrected chi connectivity index (χ2v) is 3.37. The number of Topliss-reactive ketones (excluding diaryl/α,β-unsaturated/α-hetero) is 1. The average Bonchev–Trinajstić information content (AvgIpc) is 1.99. The molecule has 0 radical (unpaired) electrons. The van der Waals surface area contributed by atoms with Crippen LogP contribution in [0.25, 0.3) is 0 Å². The van der Waals surface area contributed by atoms with E-state index >= 15 is 0 Å². The van der Waals surface area contributed by atoms with Gasteiger partial charge in [-0.05, 0) is 12.3 Å². The zero-order valence-electron chi connectivity index (χ0n) is 7.76. The average molecular weight is 154 g/mol. The lowest BCUT2D eigenvalue weighted by atomic mass is 9.99. The van der Waals surface area contributed by atoms with E-state index < -0.39 is 0 Å². The van der Waals surface area contributed by atoms with E-state index in [2.05, 4.69) is 13.5 Å². The van der Waals surface area contributed by atoms with Crippen LogP contribution < -0.4 is 0 Å². The molecule has 0 bridgehead atoms. The zero-order chi connectivity index (χ0) is 8.85. The summed E-state index contributed by atoms with van der Waals surface area (Å²) >= 11 is 0. The summed E-state index contributed by atoms with van der Waals surface area (Å²) in [5, 5.41) is 0. The van der Waals surface area contributed by atoms with Crippen molar-refractivity contribution in [1.29, 1.82) is 0 Å². The highest BCUT2D eigenvalue weighted by Crippen LogP contribution is 2.09. The van der Waals surface area contributed by atoms with Gasteiger partial charge in [-0.3, -0.25) is 4.79 Å². The van der Waals surface area contributed by atoms with E-state index in [0.717, 1.165) is 6.42 Å². The predicted molar refractivity (Wildman–Crippen MR) is 48.4 cm³/mol. The summed E-state index contributed by atoms with van der Waals surface area (Å²) in [6.07, 6.45) is 3.54. The number of ketones is 1. The Morgan fingerprint density at radius 1 is 1.45 bits per heavy atom. The number of hydrogen-bond donors (Lipinski definition) is 0. The van der Waals surface area contributed by atoms with Crippen molar-refractivity contribution in [2.75, 3.05) is 0 Å². The van der Waals surface area contributed by atoms with E-state index in [9.17, 15) is 4.79 Å². The lowest BCUT2D eigenvalue weighted by molar-refractivity contribution is -0.122. The van der Waals surface area contributed by atoms with Gasteiger partial charge in [0.1, 0.15) is 5.78 Å². The molecule has 0 fully saturated rings. The Morgan fingerprint density at radius 2 is 2.00 bits per heavy atom. The van der Waals surface area contributed by atoms with Crippen LogP contribution in [0.1, 0.15) is 33.6 Å². The molecule has 0 N–H and O–H groups in total. The minimum absolute atomic E-state index is 0.187. The number of carbonyl (C=O) groups excluding carboxylic acids is 1. The summed E-state index contributed by atoms with van der Waals surface area (Å²) in [5.41, 5.74) is 0. The molecule has 1 heteroatoms. The number of allylic oxidation sites excluding steroid dienone is 1. The Labute approximate surface area is 69.5 Å². The monoisotopic (exact) mass is 154 g/mol. The third kappa shape index (κ3) is 4.77. The topological polar surface area (TPSA) is 17.1 Å². The molecule has 0 aliphatic rings. The van der Waals surface area contributed by atoms with Crippen molar-refractivity contribution in [2.45, 2.75) is 33.6 Å². The normalized spacial score (nSPS) is 13.1. The van der Waals surface area contributed by atoms with Crippen molar-refractivity contribution >= 4 is 5.78 Å². The van der Waals surface area contributed by atoms with Gasteiger partial charge >= 0.3 is 0 Å². The number of hydrogen-bond acceptors (Lipinski definition) is 1. The van der Waals surface area contributed by atoms with E-state index in [0.29, 0.717) is 18.1 Å². The summed E-state index contributed by atoms with van der Waals surface area (Å²) in [7, 11) is 0. The van der Waals surface area contributed by atoms with Crippen molar-refractivity contribution in [1.82, 2.24) is 0 Å². The van der Waals surface area contributed by atoms with E-state index in [4.69, 9.17) is 0 Å². The fraction of sp³-hybridized carbons (Fsp3) is 0.700. The summed E-state index contributed by atoms with van der Waals surface area (Å²) in [6, 6.07) is 0. The molecule has 0 amide bonds. The van der Waals surface area contributed by atoms with Gasteiger partial charge in [-0.15, -0.1) is 6.58 Å². The molecule has 0 aliphatic heterocycles. The third-order valence-corrected chi connectivity index (χ3v) is 1.89. The van der Waals surface area contributed by atoms with Crippen LogP contribution in [0.15, 0.2) is 12.7 Å². The van der Waals surface area contributed by atoms with Crippen molar-refractivity contribution < 1.29 is 4.79 Å². The lowest BCUT2D eigenvalue weighted by Gasteiger charge is -2.06. The molecule has 0 heterocycles. The molecule has 1 atom stereocenters. The fourth-order valence-corrected chi connectivity index (χ4v) is 0.776. The van der Waals surface area contributed by atoms with Crippen molar-refractivity contribution in [3.63, 3.8) is 0 Å². The minimum atomic E-state index is 0.187. The molecule has 1 nitrogen and oxygen atoms in total. The third-order valence-electron chi connectivity index (χ3n) is 1.89. The maximum Gasteiger partial charge on any atom is 0.135 e. The molecular formula is C10H18O. The van der Waals surface area contributed by atoms with Gasteiger partial charge in [0.2, 0.25) is 0 Å². The highest BCUT2D eigenvalue weighted by atomic mass is 16.1. The standard InChI is InChI=1S/C10H18O/c1-5-9(4)6-7-10(11)8(2)3/h5,8-9H,1,6-7H2,2-4H3. The van der Waals surface area contributed by atoms with Gasteiger partial charge in [0.15, 0.2) is 0 Å². The first kappa shape index (κ1) is 10.4. The van der Waals surface area contributed by atoms with Crippen LogP contribution in [0, 0.1) is 11.8 Å². The van der Waals surface area contributed by atoms with Gasteiger partial charge in [-0.1, -0.05) is 26.8 Å². The first-order chi connectivity index (χ1) is 5.07. The van der Waals surface area contributed by atoms with Gasteiger partial charge in [0, 0.05) is 12.3 Å². The molecule has 0 saturated carbocycles. The van der Waals surface area contributed by atoms with Crippen LogP contribution in [0.3, 0.4) is 0 Å². The van der Waals surface area contributed by atoms with Crippen LogP contribution in [-0.2, 0) is 4.79 Å². The Bertz CT molecular complexity index is 136. The highest BCUT2D eigenvalue weighted by Gasteiger charge is 2.07. The van der Waals surface area contributed by atoms with E-state index in [1.807, 2.05) is 19.9 Å². The van der Waals surface area contributed by atoms with Crippen molar-refractivity contribution in [2.24, 2.45) is 11.8 Å². The first-order valence-electron chi connectivity index (χ1n) is 4.23. The summed E-state index contributed by atoms with van der Waals surface area (Å²) in [5.74, 6) is 1.02. The van der Waals surface area contributed by atoms with E-state index in [1.54, 1.807) is 0 Å². The molecular weight excluding hydrogens is 136 g/mol. The molecule has 1 unspecified atom stereocenters. The number of rotatable bonds is 5. The molecule has 0 aromatic heterocycles. The summed E-state index contributed by atoms with van der Waals surface area (Å²) in [4.78, 5) is 11.1. The van der Waals surface area contributed by atoms with Crippen LogP contribution >= 0.6 is 0 Å². The first-order valence-corrected chi connectivity index (χ1v) is 4.23. The quantitative estimate of drug-likeness (QED) is 0.556. The van der Waals surface area contributed by atoms with E-state index in [-0.39, 0.29) is 5.92 Å². The molecule has 64 valence electrons. The fourth-order valence-electron chi connectivity index (χ4n) is 0.776. The minimum Gasteiger partial charge on any atom is -0.299 e. The SMILES string of the molecule is C=CC(C)CCC(=O)C(C)C. The highest BCUT2D eigenvalue weighted by molar-refractivity contribution is 5.80. The summed E-state index contributed by atoms with van der Waals surface area (Å²) < 4.78 is 0. The molecule has 0 spiro atoms. The van der Waals surface area contributed by atoms with Gasteiger partial charge in [-0.2, -0.15) is 0 Å². The maximum absolute atomic E-state index is 11.1. The predicted octanol–water partition coefficient (Wildman–Crippen LogP) is 2.81. The Balaban J connectivity index is 3.54. The maximum atomic E-state index is 11.1. The van der Waals surface area contributed by atoms with Gasteiger partial charge in [-0.25, -0.2) is 0 Å². The molecule has 11 heavy (non-hydrogen) atoms. The molecule has 0 aromatic carbocycles. The second-order valence-electron chi connectivity index (χ2n) is 3.37. The molecule has 0 aliphatic carbocycles. The lowest BCUT2D eigenvalue weighted by Crippen LogP contribution is -2.07. The Hall–Kier alpha value is -0.590. The van der Waals surface area contributed by atoms with Crippen LogP contribution in [0.4, 0.5) is 0 Å². The van der Waals surface area contributed by atoms with E-state index in [1.165, 1.54) is 0 Å². The second kappa shape index (κ2) is 5.11. The van der Waals surface area contributed by atoms with Gasteiger partial charge in [0.05, 0.1) is 0 Å². The van der Waals surface area contributed by atoms with Gasteiger partial charge < -0.3 is 0 Å². The van der Waals surface area contributed by atoms with Gasteiger partial charge in [0.25, 0.3) is 0 Å². The Morgan fingerprint density at radius 3 is 2.36 bits per heavy atom.